The third-order valence-corrected chi connectivity index (χ3v) is 12.6. The summed E-state index contributed by atoms with van der Waals surface area (Å²) in [6.07, 6.45) is 99.0. The van der Waals surface area contributed by atoms with Gasteiger partial charge in [0.05, 0.1) is 0 Å². The number of ether oxygens (including phenoxy) is 3. The summed E-state index contributed by atoms with van der Waals surface area (Å²) in [5, 5.41) is 0. The molecule has 0 amide bonds. The first-order valence-corrected chi connectivity index (χ1v) is 31.8. The van der Waals surface area contributed by atoms with Crippen LogP contribution >= 0.6 is 0 Å². The second-order valence-corrected chi connectivity index (χ2v) is 20.2. The highest BCUT2D eigenvalue weighted by Crippen LogP contribution is 2.13. The van der Waals surface area contributed by atoms with Gasteiger partial charge in [-0.2, -0.15) is 0 Å². The lowest BCUT2D eigenvalue weighted by atomic mass is 10.1. The average Bonchev–Trinajstić information content (AvgIpc) is 3.46. The van der Waals surface area contributed by atoms with Crippen molar-refractivity contribution in [1.29, 1.82) is 0 Å². The van der Waals surface area contributed by atoms with Gasteiger partial charge in [-0.1, -0.05) is 254 Å². The molecule has 0 aliphatic carbocycles. The minimum atomic E-state index is -0.817. The average molecular weight is 1100 g/mol. The minimum Gasteiger partial charge on any atom is -0.462 e. The number of hydrogen-bond acceptors (Lipinski definition) is 6. The molecule has 6 heteroatoms. The van der Waals surface area contributed by atoms with Crippen molar-refractivity contribution >= 4 is 17.9 Å². The number of esters is 3. The molecule has 0 aromatic carbocycles. The first-order chi connectivity index (χ1) is 39.5. The lowest BCUT2D eigenvalue weighted by Crippen LogP contribution is -2.30. The zero-order valence-corrected chi connectivity index (χ0v) is 51.0. The summed E-state index contributed by atoms with van der Waals surface area (Å²) in [7, 11) is 0. The van der Waals surface area contributed by atoms with Gasteiger partial charge in [0.1, 0.15) is 13.2 Å². The summed E-state index contributed by atoms with van der Waals surface area (Å²) < 4.78 is 16.8. The van der Waals surface area contributed by atoms with Crippen molar-refractivity contribution in [2.75, 3.05) is 13.2 Å². The van der Waals surface area contributed by atoms with E-state index >= 15 is 0 Å². The van der Waals surface area contributed by atoms with Crippen LogP contribution in [0.3, 0.4) is 0 Å². The SMILES string of the molecule is CC/C=C\C/C=C\C/C=C\C/C=C\C/C=C\C/C=C\C/C=C\C/C=C\C/C=C\CCCCCCCC(=O)OCC(COC(=O)CCCCCCC/C=C\CCC)OC(=O)CCCCC/C=C\C/C=C\C/C=C\C/C=C\C/C=C\CC. The number of unbranched alkanes of at least 4 members (excludes halogenated alkanes) is 14. The number of rotatable bonds is 55. The summed E-state index contributed by atoms with van der Waals surface area (Å²) in [6.45, 7) is 6.28. The molecule has 6 nitrogen and oxygen atoms in total. The Labute approximate surface area is 491 Å². The lowest BCUT2D eigenvalue weighted by molar-refractivity contribution is -0.167. The molecule has 0 aromatic heterocycles. The first kappa shape index (κ1) is 74.5. The molecule has 0 aromatic rings. The third kappa shape index (κ3) is 63.3. The Balaban J connectivity index is 4.36. The summed E-state index contributed by atoms with van der Waals surface area (Å²) in [5.74, 6) is -0.983. The maximum absolute atomic E-state index is 12.9. The van der Waals surface area contributed by atoms with Gasteiger partial charge in [-0.15, -0.1) is 0 Å². The molecule has 0 spiro atoms. The largest absolute Gasteiger partial charge is 0.462 e. The highest BCUT2D eigenvalue weighted by Gasteiger charge is 2.19. The van der Waals surface area contributed by atoms with Crippen LogP contribution in [0.15, 0.2) is 182 Å². The molecule has 0 saturated carbocycles. The quantitative estimate of drug-likeness (QED) is 0.0261. The maximum atomic E-state index is 12.9. The predicted octanol–water partition coefficient (Wildman–Crippen LogP) is 22.0. The Morgan fingerprint density at radius 2 is 0.487 bits per heavy atom. The Hall–Kier alpha value is -5.49. The Kier molecular flexibility index (Phi) is 61.5. The summed E-state index contributed by atoms with van der Waals surface area (Å²) in [5.41, 5.74) is 0. The van der Waals surface area contributed by atoms with Gasteiger partial charge in [0.2, 0.25) is 0 Å². The lowest BCUT2D eigenvalue weighted by Gasteiger charge is -2.18. The second-order valence-electron chi connectivity index (χ2n) is 20.2. The first-order valence-electron chi connectivity index (χ1n) is 31.8. The molecule has 0 bridgehead atoms. The Morgan fingerprint density at radius 3 is 0.787 bits per heavy atom. The van der Waals surface area contributed by atoms with E-state index in [1.165, 1.54) is 12.8 Å². The van der Waals surface area contributed by atoms with E-state index < -0.39 is 6.10 Å². The Morgan fingerprint density at radius 1 is 0.263 bits per heavy atom. The van der Waals surface area contributed by atoms with Gasteiger partial charge >= 0.3 is 17.9 Å². The second kappa shape index (κ2) is 66.0. The van der Waals surface area contributed by atoms with Gasteiger partial charge in [-0.3, -0.25) is 14.4 Å². The molecule has 80 heavy (non-hydrogen) atoms. The van der Waals surface area contributed by atoms with Crippen molar-refractivity contribution in [2.45, 2.75) is 252 Å². The molecule has 0 rings (SSSR count). The van der Waals surface area contributed by atoms with Gasteiger partial charge in [0.15, 0.2) is 6.10 Å². The molecule has 0 heterocycles. The highest BCUT2D eigenvalue weighted by atomic mass is 16.6. The fourth-order valence-electron chi connectivity index (χ4n) is 7.93. The van der Waals surface area contributed by atoms with Crippen molar-refractivity contribution < 1.29 is 28.6 Å². The normalized spacial score (nSPS) is 13.4. The summed E-state index contributed by atoms with van der Waals surface area (Å²) in [4.78, 5) is 38.2. The van der Waals surface area contributed by atoms with Crippen molar-refractivity contribution in [1.82, 2.24) is 0 Å². The number of hydrogen-bond donors (Lipinski definition) is 0. The van der Waals surface area contributed by atoms with E-state index in [-0.39, 0.29) is 37.5 Å². The molecule has 0 N–H and O–H groups in total. The van der Waals surface area contributed by atoms with E-state index in [1.807, 2.05) is 0 Å². The van der Waals surface area contributed by atoms with Crippen LogP contribution in [-0.2, 0) is 28.6 Å². The molecule has 0 saturated heterocycles. The van der Waals surface area contributed by atoms with Crippen LogP contribution in [0.4, 0.5) is 0 Å². The van der Waals surface area contributed by atoms with E-state index in [0.717, 1.165) is 186 Å². The van der Waals surface area contributed by atoms with Gasteiger partial charge in [0.25, 0.3) is 0 Å². The fraction of sp³-hybridized carbons (Fsp3) is 0.554. The standard InChI is InChI=1S/C74H114O6/c1-4-7-10-13-16-19-22-24-26-28-30-31-32-33-34-35-36-37-38-39-40-41-42-43-45-46-48-50-52-55-58-61-64-67-73(76)79-70-71(69-78-72(75)66-63-60-57-54-21-18-15-12-9-6-3)80-74(77)68-65-62-59-56-53-51-49-47-44-29-27-25-23-20-17-14-11-8-5-2/h7-8,10-12,15-17,19-20,24-27,30-31,33-34,36-37,39-40,42-44,46-48,51,53,71H,4-6,9,13-14,18,21-23,28-29,32,35,38,41,45,49-50,52,54-70H2,1-3H3/b10-7-,11-8-,15-12-,19-16-,20-17-,26-24-,27-25-,31-30-,34-33-,37-36-,40-39-,43-42-,47-44-,48-46-,53-51-. The molecular formula is C74H114O6. The van der Waals surface area contributed by atoms with Crippen LogP contribution in [0, 0.1) is 0 Å². The topological polar surface area (TPSA) is 78.9 Å². The van der Waals surface area contributed by atoms with Gasteiger partial charge in [-0.25, -0.2) is 0 Å². The van der Waals surface area contributed by atoms with Crippen LogP contribution < -0.4 is 0 Å². The van der Waals surface area contributed by atoms with E-state index in [9.17, 15) is 14.4 Å². The van der Waals surface area contributed by atoms with E-state index in [1.54, 1.807) is 0 Å². The van der Waals surface area contributed by atoms with Crippen LogP contribution in [0.1, 0.15) is 245 Å². The highest BCUT2D eigenvalue weighted by molar-refractivity contribution is 5.71. The molecule has 0 aliphatic heterocycles. The van der Waals surface area contributed by atoms with Gasteiger partial charge < -0.3 is 14.2 Å². The van der Waals surface area contributed by atoms with Crippen LogP contribution in [-0.4, -0.2) is 37.2 Å². The maximum Gasteiger partial charge on any atom is 0.306 e. The molecule has 1 atom stereocenters. The number of carbonyl (C=O) groups excluding carboxylic acids is 3. The van der Waals surface area contributed by atoms with Crippen molar-refractivity contribution in [3.05, 3.63) is 182 Å². The predicted molar refractivity (Wildman–Crippen MR) is 348 cm³/mol. The van der Waals surface area contributed by atoms with E-state index in [2.05, 4.69) is 203 Å². The summed E-state index contributed by atoms with van der Waals surface area (Å²) >= 11 is 0. The third-order valence-electron chi connectivity index (χ3n) is 12.6. The monoisotopic (exact) mass is 1100 g/mol. The van der Waals surface area contributed by atoms with Crippen LogP contribution in [0.5, 0.6) is 0 Å². The minimum absolute atomic E-state index is 0.111. The zero-order chi connectivity index (χ0) is 57.8. The molecular weight excluding hydrogens is 985 g/mol. The number of carbonyl (C=O) groups is 3. The van der Waals surface area contributed by atoms with Crippen molar-refractivity contribution in [2.24, 2.45) is 0 Å². The molecule has 446 valence electrons. The Bertz CT molecular complexity index is 1890. The van der Waals surface area contributed by atoms with Gasteiger partial charge in [0, 0.05) is 19.3 Å². The molecule has 1 unspecified atom stereocenters. The van der Waals surface area contributed by atoms with E-state index in [4.69, 9.17) is 14.2 Å². The molecule has 0 fully saturated rings. The van der Waals surface area contributed by atoms with Crippen LogP contribution in [0.25, 0.3) is 0 Å². The summed E-state index contributed by atoms with van der Waals surface area (Å²) in [6, 6.07) is 0. The van der Waals surface area contributed by atoms with Crippen LogP contribution in [0.2, 0.25) is 0 Å². The van der Waals surface area contributed by atoms with Crippen molar-refractivity contribution in [3.8, 4) is 0 Å². The zero-order valence-electron chi connectivity index (χ0n) is 51.0. The molecule has 0 aliphatic rings. The van der Waals surface area contributed by atoms with Gasteiger partial charge in [-0.05, 0) is 154 Å². The number of allylic oxidation sites excluding steroid dienone is 30. The molecule has 0 radical (unpaired) electrons. The fourth-order valence-corrected chi connectivity index (χ4v) is 7.93. The smallest absolute Gasteiger partial charge is 0.306 e. The van der Waals surface area contributed by atoms with E-state index in [0.29, 0.717) is 19.3 Å². The van der Waals surface area contributed by atoms with Crippen molar-refractivity contribution in [3.63, 3.8) is 0 Å².